The van der Waals surface area contributed by atoms with E-state index in [2.05, 4.69) is 45.1 Å². The number of nitrogens with zero attached hydrogens (tertiary/aromatic N) is 2. The highest BCUT2D eigenvalue weighted by atomic mass is 79.9. The van der Waals surface area contributed by atoms with Crippen molar-refractivity contribution in [3.63, 3.8) is 0 Å². The van der Waals surface area contributed by atoms with Gasteiger partial charge in [-0.05, 0) is 51.8 Å². The van der Waals surface area contributed by atoms with Crippen molar-refractivity contribution in [3.8, 4) is 0 Å². The van der Waals surface area contributed by atoms with Crippen LogP contribution in [0, 0.1) is 5.41 Å². The number of carbonyl (C=O) groups is 1. The molecule has 0 N–H and O–H groups in total. The van der Waals surface area contributed by atoms with Gasteiger partial charge in [0, 0.05) is 41.8 Å². The topological polar surface area (TPSA) is 32.8 Å². The second-order valence-corrected chi connectivity index (χ2v) is 8.72. The summed E-state index contributed by atoms with van der Waals surface area (Å²) in [5.41, 5.74) is 1.24. The molecule has 0 aromatic heterocycles. The summed E-state index contributed by atoms with van der Waals surface area (Å²) in [6.07, 6.45) is 1.96. The molecule has 3 rings (SSSR count). The lowest BCUT2D eigenvalue weighted by Crippen LogP contribution is -2.61. The number of anilines is 1. The van der Waals surface area contributed by atoms with Crippen LogP contribution in [-0.4, -0.2) is 42.8 Å². The van der Waals surface area contributed by atoms with Crippen molar-refractivity contribution in [3.05, 3.63) is 28.7 Å². The number of carbonyl (C=O) groups excluding carboxylic acids is 1. The van der Waals surface area contributed by atoms with E-state index < -0.39 is 5.60 Å². The van der Waals surface area contributed by atoms with Crippen molar-refractivity contribution >= 4 is 27.7 Å². The Labute approximate surface area is 146 Å². The summed E-state index contributed by atoms with van der Waals surface area (Å²) in [7, 11) is 0. The van der Waals surface area contributed by atoms with Crippen LogP contribution in [0.1, 0.15) is 33.6 Å². The first-order chi connectivity index (χ1) is 10.8. The third-order valence-electron chi connectivity index (χ3n) is 4.70. The minimum Gasteiger partial charge on any atom is -0.444 e. The summed E-state index contributed by atoms with van der Waals surface area (Å²) in [6, 6.07) is 8.46. The highest BCUT2D eigenvalue weighted by Crippen LogP contribution is 2.43. The lowest BCUT2D eigenvalue weighted by Gasteiger charge is -2.55. The molecular formula is C18H25BrN2O2. The van der Waals surface area contributed by atoms with Crippen LogP contribution < -0.4 is 4.90 Å². The third kappa shape index (κ3) is 3.82. The van der Waals surface area contributed by atoms with Gasteiger partial charge in [-0.2, -0.15) is 0 Å². The molecule has 1 aromatic rings. The quantitative estimate of drug-likeness (QED) is 0.728. The van der Waals surface area contributed by atoms with Gasteiger partial charge in [-0.1, -0.05) is 22.0 Å². The highest BCUT2D eigenvalue weighted by Gasteiger charge is 2.45. The Kier molecular flexibility index (Phi) is 4.34. The average molecular weight is 381 g/mol. The van der Waals surface area contributed by atoms with Crippen molar-refractivity contribution in [2.75, 3.05) is 31.1 Å². The molecule has 0 radical (unpaired) electrons. The van der Waals surface area contributed by atoms with E-state index in [9.17, 15) is 4.79 Å². The summed E-state index contributed by atoms with van der Waals surface area (Å²) < 4.78 is 6.59. The van der Waals surface area contributed by atoms with Crippen LogP contribution in [-0.2, 0) is 4.74 Å². The fourth-order valence-corrected chi connectivity index (χ4v) is 3.81. The molecule has 0 unspecified atom stereocenters. The standard InChI is InChI=1S/C18H25BrN2O2/c1-17(2,3)23-16(22)20-9-7-18(8-10-20)12-21(13-18)15-6-4-5-14(19)11-15/h4-6,11H,7-10,12-13H2,1-3H3. The van der Waals surface area contributed by atoms with Gasteiger partial charge in [0.25, 0.3) is 0 Å². The number of rotatable bonds is 1. The number of halogens is 1. The molecule has 1 spiro atoms. The van der Waals surface area contributed by atoms with Crippen LogP contribution in [0.5, 0.6) is 0 Å². The molecule has 1 aromatic carbocycles. The third-order valence-corrected chi connectivity index (χ3v) is 5.19. The van der Waals surface area contributed by atoms with Crippen LogP contribution in [0.15, 0.2) is 28.7 Å². The SMILES string of the molecule is CC(C)(C)OC(=O)N1CCC2(CC1)CN(c1cccc(Br)c1)C2. The molecule has 4 nitrogen and oxygen atoms in total. The highest BCUT2D eigenvalue weighted by molar-refractivity contribution is 9.10. The predicted octanol–water partition coefficient (Wildman–Crippen LogP) is 4.29. The Bertz CT molecular complexity index is 581. The van der Waals surface area contributed by atoms with E-state index >= 15 is 0 Å². The van der Waals surface area contributed by atoms with Gasteiger partial charge in [0.2, 0.25) is 0 Å². The first-order valence-corrected chi connectivity index (χ1v) is 9.04. The van der Waals surface area contributed by atoms with Gasteiger partial charge in [0.1, 0.15) is 5.60 Å². The van der Waals surface area contributed by atoms with Crippen molar-refractivity contribution in [2.24, 2.45) is 5.41 Å². The van der Waals surface area contributed by atoms with Crippen LogP contribution in [0.25, 0.3) is 0 Å². The second-order valence-electron chi connectivity index (χ2n) is 7.80. The summed E-state index contributed by atoms with van der Waals surface area (Å²) >= 11 is 3.53. The lowest BCUT2D eigenvalue weighted by atomic mass is 9.72. The Morgan fingerprint density at radius 1 is 1.22 bits per heavy atom. The largest absolute Gasteiger partial charge is 0.444 e. The first kappa shape index (κ1) is 16.6. The zero-order valence-electron chi connectivity index (χ0n) is 14.1. The number of amides is 1. The minimum absolute atomic E-state index is 0.171. The van der Waals surface area contributed by atoms with Gasteiger partial charge in [-0.25, -0.2) is 4.79 Å². The number of ether oxygens (including phenoxy) is 1. The summed E-state index contributed by atoms with van der Waals surface area (Å²) in [4.78, 5) is 16.4. The molecule has 2 fully saturated rings. The molecule has 0 atom stereocenters. The molecule has 1 amide bonds. The van der Waals surface area contributed by atoms with Crippen LogP contribution >= 0.6 is 15.9 Å². The normalized spacial score (nSPS) is 20.3. The lowest BCUT2D eigenvalue weighted by molar-refractivity contribution is 0.00598. The minimum atomic E-state index is -0.416. The van der Waals surface area contributed by atoms with Crippen LogP contribution in [0.2, 0.25) is 0 Å². The molecule has 2 saturated heterocycles. The molecule has 126 valence electrons. The first-order valence-electron chi connectivity index (χ1n) is 8.25. The molecule has 0 aliphatic carbocycles. The zero-order chi connectivity index (χ0) is 16.7. The maximum absolute atomic E-state index is 12.1. The van der Waals surface area contributed by atoms with Crippen LogP contribution in [0.4, 0.5) is 10.5 Å². The molecular weight excluding hydrogens is 356 g/mol. The number of hydrogen-bond acceptors (Lipinski definition) is 3. The Morgan fingerprint density at radius 3 is 2.43 bits per heavy atom. The maximum Gasteiger partial charge on any atom is 0.410 e. The fraction of sp³-hybridized carbons (Fsp3) is 0.611. The Morgan fingerprint density at radius 2 is 1.87 bits per heavy atom. The fourth-order valence-electron chi connectivity index (χ4n) is 3.43. The van der Waals surface area contributed by atoms with E-state index in [1.165, 1.54) is 5.69 Å². The second kappa shape index (κ2) is 6.00. The van der Waals surface area contributed by atoms with Crippen molar-refractivity contribution < 1.29 is 9.53 Å². The summed E-state index contributed by atoms with van der Waals surface area (Å²) in [5, 5.41) is 0. The average Bonchev–Trinajstić information content (AvgIpc) is 2.43. The molecule has 0 saturated carbocycles. The number of benzene rings is 1. The van der Waals surface area contributed by atoms with Gasteiger partial charge < -0.3 is 14.5 Å². The van der Waals surface area contributed by atoms with E-state index in [1.54, 1.807) is 0 Å². The van der Waals surface area contributed by atoms with E-state index in [4.69, 9.17) is 4.74 Å². The van der Waals surface area contributed by atoms with E-state index in [0.717, 1.165) is 43.5 Å². The van der Waals surface area contributed by atoms with Gasteiger partial charge in [-0.15, -0.1) is 0 Å². The Balaban J connectivity index is 1.52. The Hall–Kier alpha value is -1.23. The molecule has 23 heavy (non-hydrogen) atoms. The van der Waals surface area contributed by atoms with Gasteiger partial charge in [-0.3, -0.25) is 0 Å². The van der Waals surface area contributed by atoms with Crippen molar-refractivity contribution in [1.29, 1.82) is 0 Å². The molecule has 2 aliphatic rings. The smallest absolute Gasteiger partial charge is 0.410 e. The van der Waals surface area contributed by atoms with Crippen LogP contribution in [0.3, 0.4) is 0 Å². The van der Waals surface area contributed by atoms with Gasteiger partial charge in [0.15, 0.2) is 0 Å². The molecule has 2 aliphatic heterocycles. The summed E-state index contributed by atoms with van der Waals surface area (Å²) in [6.45, 7) is 9.54. The monoisotopic (exact) mass is 380 g/mol. The van der Waals surface area contributed by atoms with E-state index in [-0.39, 0.29) is 6.09 Å². The van der Waals surface area contributed by atoms with E-state index in [1.807, 2.05) is 25.7 Å². The molecule has 0 bridgehead atoms. The zero-order valence-corrected chi connectivity index (χ0v) is 15.7. The van der Waals surface area contributed by atoms with Gasteiger partial charge >= 0.3 is 6.09 Å². The number of piperidine rings is 1. The van der Waals surface area contributed by atoms with Crippen molar-refractivity contribution in [1.82, 2.24) is 4.90 Å². The maximum atomic E-state index is 12.1. The van der Waals surface area contributed by atoms with Gasteiger partial charge in [0.05, 0.1) is 0 Å². The van der Waals surface area contributed by atoms with Crippen molar-refractivity contribution in [2.45, 2.75) is 39.2 Å². The number of hydrogen-bond donors (Lipinski definition) is 0. The molecule has 2 heterocycles. The predicted molar refractivity (Wildman–Crippen MR) is 95.8 cm³/mol. The van der Waals surface area contributed by atoms with E-state index in [0.29, 0.717) is 5.41 Å². The molecule has 5 heteroatoms. The summed E-state index contributed by atoms with van der Waals surface area (Å²) in [5.74, 6) is 0. The number of likely N-dealkylation sites (tertiary alicyclic amines) is 1.